The van der Waals surface area contributed by atoms with Gasteiger partial charge in [-0.3, -0.25) is 44.0 Å². The maximum Gasteiger partial charge on any atom is 0.330 e. The van der Waals surface area contributed by atoms with Gasteiger partial charge in [0.2, 0.25) is 17.7 Å². The molecule has 270 valence electrons. The van der Waals surface area contributed by atoms with Crippen molar-refractivity contribution in [3.63, 3.8) is 0 Å². The summed E-state index contributed by atoms with van der Waals surface area (Å²) in [4.78, 5) is 94.9. The molecule has 4 unspecified atom stereocenters. The summed E-state index contributed by atoms with van der Waals surface area (Å²) in [5.41, 5.74) is 0. The highest BCUT2D eigenvalue weighted by atomic mass is 16.5. The summed E-state index contributed by atoms with van der Waals surface area (Å²) in [7, 11) is 3.02. The number of fused-ring (bicyclic) bond motifs is 1. The number of rotatable bonds is 17. The Morgan fingerprint density at radius 3 is 2.21 bits per heavy atom. The number of urea groups is 2. The Hall–Kier alpha value is -3.79. The van der Waals surface area contributed by atoms with Crippen LogP contribution in [0, 0.1) is 17.8 Å². The van der Waals surface area contributed by atoms with Gasteiger partial charge in [-0.1, -0.05) is 13.8 Å². The van der Waals surface area contributed by atoms with Crippen molar-refractivity contribution in [1.82, 2.24) is 24.9 Å². The molecule has 1 N–H and O–H groups in total. The first kappa shape index (κ1) is 38.7. The second-order valence-corrected chi connectivity index (χ2v) is 13.1. The highest BCUT2D eigenvalue weighted by Crippen LogP contribution is 2.37. The Kier molecular flexibility index (Phi) is 14.6. The number of ether oxygens (including phenoxy) is 4. The second-order valence-electron chi connectivity index (χ2n) is 13.1. The molecule has 3 fully saturated rings. The summed E-state index contributed by atoms with van der Waals surface area (Å²) in [5, 5.41) is 2.19. The molecular formula is C32H51N5O11. The molecule has 3 saturated heterocycles. The molecule has 0 aliphatic carbocycles. The zero-order valence-electron chi connectivity index (χ0n) is 28.9. The van der Waals surface area contributed by atoms with Crippen LogP contribution in [0.3, 0.4) is 0 Å². The van der Waals surface area contributed by atoms with E-state index in [9.17, 15) is 33.6 Å². The van der Waals surface area contributed by atoms with E-state index in [1.165, 1.54) is 14.2 Å². The predicted octanol–water partition coefficient (Wildman–Crippen LogP) is 2.05. The largest absolute Gasteiger partial charge is 0.466 e. The van der Waals surface area contributed by atoms with Gasteiger partial charge in [-0.25, -0.2) is 9.59 Å². The number of carbonyl (C=O) groups excluding carboxylic acids is 7. The number of hydrogen-bond acceptors (Lipinski definition) is 11. The summed E-state index contributed by atoms with van der Waals surface area (Å²) in [5.74, 6) is -3.25. The van der Waals surface area contributed by atoms with Crippen molar-refractivity contribution < 1.29 is 52.5 Å². The minimum absolute atomic E-state index is 0.0485. The molecule has 0 aromatic carbocycles. The van der Waals surface area contributed by atoms with E-state index in [1.807, 2.05) is 13.8 Å². The molecule has 3 aliphatic rings. The highest BCUT2D eigenvalue weighted by Gasteiger charge is 2.54. The number of amides is 7. The lowest BCUT2D eigenvalue weighted by atomic mass is 9.87. The van der Waals surface area contributed by atoms with Crippen LogP contribution in [0.25, 0.3) is 0 Å². The first-order valence-corrected chi connectivity index (χ1v) is 16.6. The van der Waals surface area contributed by atoms with E-state index in [2.05, 4.69) is 5.32 Å². The zero-order valence-corrected chi connectivity index (χ0v) is 28.9. The summed E-state index contributed by atoms with van der Waals surface area (Å²) in [6.07, 6.45) is 0.336. The molecule has 0 saturated carbocycles. The summed E-state index contributed by atoms with van der Waals surface area (Å²) in [6.45, 7) is 7.85. The standard InChI is InChI=1S/C32H51N5O11/c1-20(2)17-35-29-24(36(18-45-5)32(44)37(29)19-46-6)16-23(30(35)42)8-7-15-47-26(39)12-10-22-9-11-25(38)34(31(43)33-28(22)41)14-13-27(40)48-21(3)4/h20-24,29H,7-19H2,1-6H3,(H,33,41,43). The Morgan fingerprint density at radius 2 is 1.56 bits per heavy atom. The number of imide groups is 2. The third kappa shape index (κ3) is 10.1. The van der Waals surface area contributed by atoms with E-state index >= 15 is 0 Å². The fourth-order valence-electron chi connectivity index (χ4n) is 6.42. The Bertz CT molecular complexity index is 1190. The monoisotopic (exact) mass is 681 g/mol. The molecule has 7 amide bonds. The van der Waals surface area contributed by atoms with E-state index in [0.29, 0.717) is 25.8 Å². The molecule has 48 heavy (non-hydrogen) atoms. The average Bonchev–Trinajstić information content (AvgIpc) is 3.26. The molecule has 3 rings (SSSR count). The number of nitrogens with zero attached hydrogens (tertiary/aromatic N) is 4. The van der Waals surface area contributed by atoms with Gasteiger partial charge in [0, 0.05) is 52.0 Å². The molecule has 4 atom stereocenters. The third-order valence-corrected chi connectivity index (χ3v) is 8.55. The predicted molar refractivity (Wildman–Crippen MR) is 168 cm³/mol. The van der Waals surface area contributed by atoms with Gasteiger partial charge >= 0.3 is 24.0 Å². The molecule has 0 radical (unpaired) electrons. The van der Waals surface area contributed by atoms with Crippen LogP contribution in [0.15, 0.2) is 0 Å². The van der Waals surface area contributed by atoms with E-state index in [4.69, 9.17) is 18.9 Å². The van der Waals surface area contributed by atoms with Crippen LogP contribution in [0.1, 0.15) is 79.1 Å². The van der Waals surface area contributed by atoms with Crippen LogP contribution in [0.4, 0.5) is 9.59 Å². The molecule has 16 nitrogen and oxygen atoms in total. The number of nitrogens with one attached hydrogen (secondary N) is 1. The molecule has 3 heterocycles. The van der Waals surface area contributed by atoms with Gasteiger partial charge in [-0.2, -0.15) is 0 Å². The lowest BCUT2D eigenvalue weighted by Crippen LogP contribution is -2.60. The molecule has 0 spiro atoms. The molecule has 0 aromatic heterocycles. The number of esters is 2. The molecule has 16 heteroatoms. The van der Waals surface area contributed by atoms with Gasteiger partial charge in [0.05, 0.1) is 25.2 Å². The van der Waals surface area contributed by atoms with Crippen LogP contribution < -0.4 is 5.32 Å². The lowest BCUT2D eigenvalue weighted by Gasteiger charge is -2.44. The van der Waals surface area contributed by atoms with Gasteiger partial charge in [-0.15, -0.1) is 0 Å². The van der Waals surface area contributed by atoms with Crippen molar-refractivity contribution in [1.29, 1.82) is 0 Å². The van der Waals surface area contributed by atoms with Gasteiger partial charge in [-0.05, 0) is 51.9 Å². The summed E-state index contributed by atoms with van der Waals surface area (Å²) >= 11 is 0. The van der Waals surface area contributed by atoms with Gasteiger partial charge < -0.3 is 23.8 Å². The molecule has 3 aliphatic heterocycles. The smallest absolute Gasteiger partial charge is 0.330 e. The number of likely N-dealkylation sites (tertiary alicyclic amines) is 1. The molecule has 0 aromatic rings. The van der Waals surface area contributed by atoms with E-state index < -0.39 is 41.9 Å². The van der Waals surface area contributed by atoms with Crippen molar-refractivity contribution in [3.05, 3.63) is 0 Å². The van der Waals surface area contributed by atoms with E-state index in [1.54, 1.807) is 28.5 Å². The Balaban J connectivity index is 1.49. The highest BCUT2D eigenvalue weighted by molar-refractivity contribution is 6.04. The van der Waals surface area contributed by atoms with Crippen molar-refractivity contribution in [3.8, 4) is 0 Å². The average molecular weight is 682 g/mol. The molecule has 0 bridgehead atoms. The van der Waals surface area contributed by atoms with Gasteiger partial charge in [0.1, 0.15) is 19.6 Å². The maximum absolute atomic E-state index is 13.7. The Morgan fingerprint density at radius 1 is 0.875 bits per heavy atom. The zero-order chi connectivity index (χ0) is 35.5. The quantitative estimate of drug-likeness (QED) is 0.175. The van der Waals surface area contributed by atoms with Crippen LogP contribution in [-0.2, 0) is 42.9 Å². The second kappa shape index (κ2) is 18.1. The number of hydrogen-bond donors (Lipinski definition) is 1. The molecular weight excluding hydrogens is 630 g/mol. The summed E-state index contributed by atoms with van der Waals surface area (Å²) < 4.78 is 21.0. The topological polar surface area (TPSA) is 181 Å². The fourth-order valence-corrected chi connectivity index (χ4v) is 6.42. The van der Waals surface area contributed by atoms with Crippen molar-refractivity contribution in [2.24, 2.45) is 17.8 Å². The Labute approximate surface area is 281 Å². The number of piperidine rings is 1. The minimum atomic E-state index is -0.913. The number of carbonyl (C=O) groups is 7. The third-order valence-electron chi connectivity index (χ3n) is 8.55. The first-order valence-electron chi connectivity index (χ1n) is 16.6. The van der Waals surface area contributed by atoms with Crippen LogP contribution in [-0.4, -0.2) is 127 Å². The van der Waals surface area contributed by atoms with Gasteiger partial charge in [0.15, 0.2) is 0 Å². The van der Waals surface area contributed by atoms with Crippen LogP contribution in [0.2, 0.25) is 0 Å². The first-order chi connectivity index (χ1) is 22.8. The van der Waals surface area contributed by atoms with Crippen LogP contribution >= 0.6 is 0 Å². The van der Waals surface area contributed by atoms with Crippen molar-refractivity contribution in [2.75, 3.05) is 47.4 Å². The van der Waals surface area contributed by atoms with E-state index in [0.717, 1.165) is 4.90 Å². The maximum atomic E-state index is 13.7. The number of methoxy groups -OCH3 is 2. The van der Waals surface area contributed by atoms with Crippen molar-refractivity contribution in [2.45, 2.75) is 97.4 Å². The summed E-state index contributed by atoms with van der Waals surface area (Å²) in [6, 6.07) is -1.44. The normalized spacial score (nSPS) is 23.5. The minimum Gasteiger partial charge on any atom is -0.466 e. The lowest BCUT2D eigenvalue weighted by molar-refractivity contribution is -0.151. The SMILES string of the molecule is COCN1C(=O)N(COC)C2C1CC(CCCOC(=O)CCC1CCC(=O)N(CCC(=O)OC(C)C)C(=O)NC1=O)C(=O)N2CC(C)C. The fraction of sp³-hybridized carbons (Fsp3) is 0.781. The van der Waals surface area contributed by atoms with Crippen molar-refractivity contribution >= 4 is 41.7 Å². The van der Waals surface area contributed by atoms with E-state index in [-0.39, 0.29) is 94.6 Å². The van der Waals surface area contributed by atoms with Crippen LogP contribution in [0.5, 0.6) is 0 Å². The van der Waals surface area contributed by atoms with Gasteiger partial charge in [0.25, 0.3) is 0 Å².